The highest BCUT2D eigenvalue weighted by Gasteiger charge is 2.29. The van der Waals surface area contributed by atoms with Gasteiger partial charge in [0.05, 0.1) is 12.4 Å². The van der Waals surface area contributed by atoms with Gasteiger partial charge in [-0.05, 0) is 36.5 Å². The summed E-state index contributed by atoms with van der Waals surface area (Å²) in [5.41, 5.74) is 0.387. The summed E-state index contributed by atoms with van der Waals surface area (Å²) < 4.78 is 29.6. The summed E-state index contributed by atoms with van der Waals surface area (Å²) in [7, 11) is -1.84. The van der Waals surface area contributed by atoms with Crippen LogP contribution in [0.5, 0.6) is 5.75 Å². The van der Waals surface area contributed by atoms with Crippen molar-refractivity contribution >= 4 is 27.4 Å². The van der Waals surface area contributed by atoms with Crippen molar-refractivity contribution in [3.8, 4) is 5.75 Å². The third-order valence-corrected chi connectivity index (χ3v) is 6.60. The molecule has 0 unspecified atom stereocenters. The minimum absolute atomic E-state index is 0.359. The van der Waals surface area contributed by atoms with E-state index in [1.165, 1.54) is 7.11 Å². The lowest BCUT2D eigenvalue weighted by Gasteiger charge is -2.21. The molecule has 0 aliphatic carbocycles. The van der Waals surface area contributed by atoms with Crippen molar-refractivity contribution in [1.82, 2.24) is 0 Å². The maximum Gasteiger partial charge on any atom is 0.178 e. The molecule has 0 aromatic heterocycles. The zero-order chi connectivity index (χ0) is 14.6. The third-order valence-electron chi connectivity index (χ3n) is 3.40. The number of hydrogen-bond donors (Lipinski definition) is 0. The Balaban J connectivity index is 2.09. The number of ether oxygens (including phenoxy) is 1. The Labute approximate surface area is 123 Å². The summed E-state index contributed by atoms with van der Waals surface area (Å²) >= 11 is 1.77. The predicted molar refractivity (Wildman–Crippen MR) is 81.5 cm³/mol. The van der Waals surface area contributed by atoms with Gasteiger partial charge in [0.25, 0.3) is 0 Å². The SMILES string of the molecule is COc1cccc(C(=O)CS(=O)(=O)C2CCSCC2)c1. The Hall–Kier alpha value is -1.01. The molecule has 110 valence electrons. The summed E-state index contributed by atoms with van der Waals surface area (Å²) in [6.07, 6.45) is 1.30. The first-order chi connectivity index (χ1) is 9.53. The van der Waals surface area contributed by atoms with E-state index in [0.29, 0.717) is 24.2 Å². The molecule has 0 saturated carbocycles. The molecule has 1 saturated heterocycles. The zero-order valence-electron chi connectivity index (χ0n) is 11.4. The Bertz CT molecular complexity index is 575. The van der Waals surface area contributed by atoms with Crippen LogP contribution >= 0.6 is 11.8 Å². The molecular weight excluding hydrogens is 296 g/mol. The van der Waals surface area contributed by atoms with Gasteiger partial charge in [-0.15, -0.1) is 0 Å². The van der Waals surface area contributed by atoms with E-state index < -0.39 is 15.6 Å². The first-order valence-electron chi connectivity index (χ1n) is 6.49. The second-order valence-electron chi connectivity index (χ2n) is 4.77. The Morgan fingerprint density at radius 1 is 1.35 bits per heavy atom. The van der Waals surface area contributed by atoms with Gasteiger partial charge in [-0.25, -0.2) is 8.42 Å². The molecule has 0 atom stereocenters. The van der Waals surface area contributed by atoms with Crippen molar-refractivity contribution in [2.75, 3.05) is 24.4 Å². The molecule has 0 radical (unpaired) electrons. The average molecular weight is 314 g/mol. The molecule has 1 heterocycles. The molecule has 1 aliphatic rings. The molecule has 0 amide bonds. The molecule has 4 nitrogen and oxygen atoms in total. The van der Waals surface area contributed by atoms with Crippen molar-refractivity contribution in [3.63, 3.8) is 0 Å². The van der Waals surface area contributed by atoms with Gasteiger partial charge in [-0.1, -0.05) is 12.1 Å². The van der Waals surface area contributed by atoms with Crippen LogP contribution in [0.2, 0.25) is 0 Å². The van der Waals surface area contributed by atoms with Crippen LogP contribution in [0.1, 0.15) is 23.2 Å². The lowest BCUT2D eigenvalue weighted by Crippen LogP contribution is -2.31. The Morgan fingerprint density at radius 2 is 2.05 bits per heavy atom. The standard InChI is InChI=1S/C14H18O4S2/c1-18-12-4-2-3-11(9-12)14(15)10-20(16,17)13-5-7-19-8-6-13/h2-4,9,13H,5-8,10H2,1H3. The van der Waals surface area contributed by atoms with Crippen molar-refractivity contribution in [2.45, 2.75) is 18.1 Å². The van der Waals surface area contributed by atoms with E-state index in [0.717, 1.165) is 11.5 Å². The number of thioether (sulfide) groups is 1. The van der Waals surface area contributed by atoms with Gasteiger partial charge in [0.15, 0.2) is 15.6 Å². The molecule has 1 fully saturated rings. The number of methoxy groups -OCH3 is 1. The smallest absolute Gasteiger partial charge is 0.178 e. The van der Waals surface area contributed by atoms with E-state index in [2.05, 4.69) is 0 Å². The average Bonchev–Trinajstić information content (AvgIpc) is 2.48. The van der Waals surface area contributed by atoms with Gasteiger partial charge < -0.3 is 4.74 Å². The number of carbonyl (C=O) groups is 1. The van der Waals surface area contributed by atoms with Gasteiger partial charge >= 0.3 is 0 Å². The molecule has 1 aliphatic heterocycles. The van der Waals surface area contributed by atoms with Crippen LogP contribution in [-0.4, -0.2) is 43.8 Å². The highest BCUT2D eigenvalue weighted by Crippen LogP contribution is 2.24. The molecule has 1 aromatic carbocycles. The summed E-state index contributed by atoms with van der Waals surface area (Å²) in [5.74, 6) is 1.51. The van der Waals surface area contributed by atoms with Crippen LogP contribution < -0.4 is 4.74 Å². The predicted octanol–water partition coefficient (Wildman–Crippen LogP) is 2.19. The molecule has 1 aromatic rings. The second-order valence-corrected chi connectivity index (χ2v) is 8.28. The van der Waals surface area contributed by atoms with Crippen LogP contribution in [-0.2, 0) is 9.84 Å². The number of benzene rings is 1. The number of carbonyl (C=O) groups excluding carboxylic acids is 1. The van der Waals surface area contributed by atoms with Gasteiger partial charge in [0.1, 0.15) is 11.5 Å². The summed E-state index contributed by atoms with van der Waals surface area (Å²) in [6.45, 7) is 0. The highest BCUT2D eigenvalue weighted by atomic mass is 32.2. The van der Waals surface area contributed by atoms with Gasteiger partial charge in [0.2, 0.25) is 0 Å². The van der Waals surface area contributed by atoms with E-state index in [9.17, 15) is 13.2 Å². The van der Waals surface area contributed by atoms with Crippen LogP contribution in [0.4, 0.5) is 0 Å². The number of Topliss-reactive ketones (excluding diaryl/α,β-unsaturated/α-hetero) is 1. The van der Waals surface area contributed by atoms with Crippen LogP contribution in [0.15, 0.2) is 24.3 Å². The zero-order valence-corrected chi connectivity index (χ0v) is 13.0. The van der Waals surface area contributed by atoms with Crippen LogP contribution in [0, 0.1) is 0 Å². The molecule has 6 heteroatoms. The number of sulfone groups is 1. The van der Waals surface area contributed by atoms with E-state index in [1.54, 1.807) is 36.0 Å². The van der Waals surface area contributed by atoms with E-state index in [4.69, 9.17) is 4.74 Å². The molecule has 0 bridgehead atoms. The first kappa shape index (κ1) is 15.4. The van der Waals surface area contributed by atoms with Crippen molar-refractivity contribution < 1.29 is 17.9 Å². The molecule has 20 heavy (non-hydrogen) atoms. The summed E-state index contributed by atoms with van der Waals surface area (Å²) in [4.78, 5) is 12.1. The monoisotopic (exact) mass is 314 g/mol. The minimum Gasteiger partial charge on any atom is -0.497 e. The van der Waals surface area contributed by atoms with Gasteiger partial charge in [-0.2, -0.15) is 11.8 Å². The fourth-order valence-electron chi connectivity index (χ4n) is 2.22. The molecule has 0 spiro atoms. The van der Waals surface area contributed by atoms with Crippen molar-refractivity contribution in [3.05, 3.63) is 29.8 Å². The lowest BCUT2D eigenvalue weighted by molar-refractivity contribution is 0.102. The van der Waals surface area contributed by atoms with Gasteiger partial charge in [-0.3, -0.25) is 4.79 Å². The van der Waals surface area contributed by atoms with Crippen LogP contribution in [0.25, 0.3) is 0 Å². The fraction of sp³-hybridized carbons (Fsp3) is 0.500. The van der Waals surface area contributed by atoms with Crippen molar-refractivity contribution in [1.29, 1.82) is 0 Å². The lowest BCUT2D eigenvalue weighted by atomic mass is 10.1. The largest absolute Gasteiger partial charge is 0.497 e. The Morgan fingerprint density at radius 3 is 2.70 bits per heavy atom. The number of rotatable bonds is 5. The van der Waals surface area contributed by atoms with E-state index in [-0.39, 0.29) is 11.0 Å². The maximum absolute atomic E-state index is 12.3. The normalized spacial score (nSPS) is 16.9. The van der Waals surface area contributed by atoms with E-state index in [1.807, 2.05) is 0 Å². The Kier molecular flexibility index (Phi) is 5.10. The number of ketones is 1. The quantitative estimate of drug-likeness (QED) is 0.780. The molecule has 2 rings (SSSR count). The second kappa shape index (κ2) is 6.63. The number of hydrogen-bond acceptors (Lipinski definition) is 5. The summed E-state index contributed by atoms with van der Waals surface area (Å²) in [6, 6.07) is 6.62. The highest BCUT2D eigenvalue weighted by molar-refractivity contribution is 7.99. The van der Waals surface area contributed by atoms with E-state index >= 15 is 0 Å². The van der Waals surface area contributed by atoms with Gasteiger partial charge in [0, 0.05) is 5.56 Å². The topological polar surface area (TPSA) is 60.4 Å². The van der Waals surface area contributed by atoms with Crippen LogP contribution in [0.3, 0.4) is 0 Å². The molecular formula is C14H18O4S2. The summed E-state index contributed by atoms with van der Waals surface area (Å²) in [5, 5.41) is -0.363. The first-order valence-corrected chi connectivity index (χ1v) is 9.36. The minimum atomic E-state index is -3.35. The third kappa shape index (κ3) is 3.76. The molecule has 0 N–H and O–H groups in total. The van der Waals surface area contributed by atoms with Crippen molar-refractivity contribution in [2.24, 2.45) is 0 Å². The fourth-order valence-corrected chi connectivity index (χ4v) is 5.34. The maximum atomic E-state index is 12.3.